The third-order valence-corrected chi connectivity index (χ3v) is 1.86. The predicted molar refractivity (Wildman–Crippen MR) is 38.6 cm³/mol. The summed E-state index contributed by atoms with van der Waals surface area (Å²) in [5, 5.41) is 2.11. The normalized spacial score (nSPS) is 14.2. The molecule has 0 bridgehead atoms. The van der Waals surface area contributed by atoms with E-state index in [9.17, 15) is 18.0 Å². The number of carbonyl (C=O) groups is 1. The van der Waals surface area contributed by atoms with Crippen molar-refractivity contribution in [1.82, 2.24) is 0 Å². The van der Waals surface area contributed by atoms with E-state index in [0.29, 0.717) is 0 Å². The van der Waals surface area contributed by atoms with Crippen molar-refractivity contribution in [2.75, 3.05) is 5.32 Å². The van der Waals surface area contributed by atoms with Crippen molar-refractivity contribution in [3.63, 3.8) is 0 Å². The lowest BCUT2D eigenvalue weighted by molar-refractivity contribution is -0.115. The molecule has 0 atom stereocenters. The van der Waals surface area contributed by atoms with Crippen molar-refractivity contribution in [3.05, 3.63) is 29.1 Å². The number of carbonyl (C=O) groups excluding carboxylic acids is 1. The maximum Gasteiger partial charge on any atom is 0.228 e. The molecule has 0 aliphatic carbocycles. The standard InChI is InChI=1S/C8H4F3NO/c9-4-1-3-2-5(13)12-8(3)7(11)6(4)10/h1H,2H2,(H,12,13). The van der Waals surface area contributed by atoms with E-state index in [2.05, 4.69) is 5.32 Å². The average molecular weight is 187 g/mol. The van der Waals surface area contributed by atoms with Gasteiger partial charge in [0.05, 0.1) is 12.1 Å². The molecule has 1 aromatic carbocycles. The molecule has 2 nitrogen and oxygen atoms in total. The average Bonchev–Trinajstić information content (AvgIpc) is 2.42. The van der Waals surface area contributed by atoms with E-state index in [4.69, 9.17) is 0 Å². The highest BCUT2D eigenvalue weighted by Crippen LogP contribution is 2.29. The number of hydrogen-bond acceptors (Lipinski definition) is 1. The highest BCUT2D eigenvalue weighted by molar-refractivity contribution is 5.99. The minimum Gasteiger partial charge on any atom is -0.323 e. The van der Waals surface area contributed by atoms with Crippen LogP contribution in [0.25, 0.3) is 0 Å². The number of fused-ring (bicyclic) bond motifs is 1. The van der Waals surface area contributed by atoms with Crippen molar-refractivity contribution in [2.45, 2.75) is 6.42 Å². The Labute approximate surface area is 71.4 Å². The van der Waals surface area contributed by atoms with Gasteiger partial charge in [-0.15, -0.1) is 0 Å². The van der Waals surface area contributed by atoms with Crippen molar-refractivity contribution in [2.24, 2.45) is 0 Å². The van der Waals surface area contributed by atoms with E-state index in [0.717, 1.165) is 6.07 Å². The Kier molecular flexibility index (Phi) is 1.55. The molecule has 0 radical (unpaired) electrons. The topological polar surface area (TPSA) is 29.1 Å². The van der Waals surface area contributed by atoms with Crippen molar-refractivity contribution >= 4 is 11.6 Å². The summed E-state index contributed by atoms with van der Waals surface area (Å²) in [6.45, 7) is 0. The van der Waals surface area contributed by atoms with Gasteiger partial charge in [0.2, 0.25) is 5.91 Å². The largest absolute Gasteiger partial charge is 0.323 e. The van der Waals surface area contributed by atoms with Crippen LogP contribution >= 0.6 is 0 Å². The van der Waals surface area contributed by atoms with Gasteiger partial charge in [-0.1, -0.05) is 0 Å². The summed E-state index contributed by atoms with van der Waals surface area (Å²) < 4.78 is 38.1. The molecule has 2 rings (SSSR count). The first-order valence-electron chi connectivity index (χ1n) is 3.56. The maximum atomic E-state index is 12.9. The first kappa shape index (κ1) is 8.10. The Balaban J connectivity index is 2.66. The molecule has 0 aromatic heterocycles. The zero-order valence-electron chi connectivity index (χ0n) is 6.33. The number of benzene rings is 1. The van der Waals surface area contributed by atoms with Gasteiger partial charge >= 0.3 is 0 Å². The van der Waals surface area contributed by atoms with Crippen LogP contribution in [0.5, 0.6) is 0 Å². The van der Waals surface area contributed by atoms with Crippen LogP contribution in [0.15, 0.2) is 6.07 Å². The van der Waals surface area contributed by atoms with E-state index in [1.807, 2.05) is 0 Å². The third kappa shape index (κ3) is 1.07. The second-order valence-electron chi connectivity index (χ2n) is 2.75. The first-order chi connectivity index (χ1) is 6.09. The lowest BCUT2D eigenvalue weighted by Crippen LogP contribution is -2.05. The zero-order valence-corrected chi connectivity index (χ0v) is 6.33. The summed E-state index contributed by atoms with van der Waals surface area (Å²) in [7, 11) is 0. The van der Waals surface area contributed by atoms with E-state index in [1.54, 1.807) is 0 Å². The summed E-state index contributed by atoms with van der Waals surface area (Å²) in [6, 6.07) is 0.825. The minimum absolute atomic E-state index is 0.108. The van der Waals surface area contributed by atoms with Gasteiger partial charge in [0, 0.05) is 0 Å². The molecule has 1 aromatic rings. The summed E-state index contributed by atoms with van der Waals surface area (Å²) in [4.78, 5) is 10.8. The number of anilines is 1. The number of amides is 1. The monoisotopic (exact) mass is 187 g/mol. The van der Waals surface area contributed by atoms with Crippen LogP contribution in [-0.4, -0.2) is 5.91 Å². The zero-order chi connectivity index (χ0) is 9.59. The molecule has 5 heteroatoms. The molecule has 1 aliphatic rings. The van der Waals surface area contributed by atoms with E-state index < -0.39 is 23.4 Å². The summed E-state index contributed by atoms with van der Waals surface area (Å²) in [5.74, 6) is -4.62. The van der Waals surface area contributed by atoms with Gasteiger partial charge in [0.1, 0.15) is 0 Å². The van der Waals surface area contributed by atoms with Crippen LogP contribution in [-0.2, 0) is 11.2 Å². The van der Waals surface area contributed by atoms with Crippen LogP contribution < -0.4 is 5.32 Å². The lowest BCUT2D eigenvalue weighted by Gasteiger charge is -2.01. The second kappa shape index (κ2) is 2.48. The smallest absolute Gasteiger partial charge is 0.228 e. The van der Waals surface area contributed by atoms with Crippen LogP contribution in [0.4, 0.5) is 18.9 Å². The second-order valence-corrected chi connectivity index (χ2v) is 2.75. The van der Waals surface area contributed by atoms with E-state index in [1.165, 1.54) is 0 Å². The van der Waals surface area contributed by atoms with Crippen molar-refractivity contribution in [3.8, 4) is 0 Å². The van der Waals surface area contributed by atoms with Gasteiger partial charge in [-0.05, 0) is 11.6 Å². The Morgan fingerprint density at radius 1 is 1.23 bits per heavy atom. The van der Waals surface area contributed by atoms with Crippen LogP contribution in [0.1, 0.15) is 5.56 Å². The molecule has 1 aliphatic heterocycles. The van der Waals surface area contributed by atoms with Gasteiger partial charge in [-0.2, -0.15) is 0 Å². The van der Waals surface area contributed by atoms with Crippen molar-refractivity contribution in [1.29, 1.82) is 0 Å². The molecule has 13 heavy (non-hydrogen) atoms. The number of nitrogens with one attached hydrogen (secondary N) is 1. The molecule has 0 saturated heterocycles. The fourth-order valence-corrected chi connectivity index (χ4v) is 1.28. The molecular weight excluding hydrogens is 183 g/mol. The van der Waals surface area contributed by atoms with E-state index in [-0.39, 0.29) is 17.7 Å². The summed E-state index contributed by atoms with van der Waals surface area (Å²) in [6.07, 6.45) is -0.108. The molecule has 0 fully saturated rings. The molecule has 0 spiro atoms. The van der Waals surface area contributed by atoms with Crippen LogP contribution in [0, 0.1) is 17.5 Å². The predicted octanol–water partition coefficient (Wildman–Crippen LogP) is 1.60. The quantitative estimate of drug-likeness (QED) is 0.614. The lowest BCUT2D eigenvalue weighted by atomic mass is 10.1. The summed E-state index contributed by atoms with van der Waals surface area (Å²) in [5.41, 5.74) is -0.0923. The molecule has 0 unspecified atom stereocenters. The molecule has 1 amide bonds. The fourth-order valence-electron chi connectivity index (χ4n) is 1.28. The summed E-state index contributed by atoms with van der Waals surface area (Å²) >= 11 is 0. The van der Waals surface area contributed by atoms with Crippen molar-refractivity contribution < 1.29 is 18.0 Å². The van der Waals surface area contributed by atoms with Gasteiger partial charge in [0.25, 0.3) is 0 Å². The highest BCUT2D eigenvalue weighted by Gasteiger charge is 2.25. The fraction of sp³-hybridized carbons (Fsp3) is 0.125. The molecule has 1 N–H and O–H groups in total. The number of rotatable bonds is 0. The Hall–Kier alpha value is -1.52. The Bertz CT molecular complexity index is 403. The van der Waals surface area contributed by atoms with Crippen LogP contribution in [0.3, 0.4) is 0 Å². The molecule has 1 heterocycles. The highest BCUT2D eigenvalue weighted by atomic mass is 19.2. The molecular formula is C8H4F3NO. The Morgan fingerprint density at radius 3 is 2.62 bits per heavy atom. The van der Waals surface area contributed by atoms with Crippen LogP contribution in [0.2, 0.25) is 0 Å². The first-order valence-corrected chi connectivity index (χ1v) is 3.56. The van der Waals surface area contributed by atoms with Gasteiger partial charge in [0.15, 0.2) is 17.5 Å². The third-order valence-electron chi connectivity index (χ3n) is 1.86. The number of halogens is 3. The van der Waals surface area contributed by atoms with Gasteiger partial charge in [-0.3, -0.25) is 4.79 Å². The Morgan fingerprint density at radius 2 is 1.92 bits per heavy atom. The molecule has 0 saturated carbocycles. The SMILES string of the molecule is O=C1Cc2cc(F)c(F)c(F)c2N1. The van der Waals surface area contributed by atoms with Gasteiger partial charge in [-0.25, -0.2) is 13.2 Å². The van der Waals surface area contributed by atoms with E-state index >= 15 is 0 Å². The minimum atomic E-state index is -1.55. The number of hydrogen-bond donors (Lipinski definition) is 1. The molecule has 68 valence electrons. The van der Waals surface area contributed by atoms with Gasteiger partial charge < -0.3 is 5.32 Å². The maximum absolute atomic E-state index is 12.9.